The lowest BCUT2D eigenvalue weighted by atomic mass is 10.1. The van der Waals surface area contributed by atoms with Crippen LogP contribution in [0.2, 0.25) is 5.02 Å². The van der Waals surface area contributed by atoms with E-state index < -0.39 is 0 Å². The topological polar surface area (TPSA) is 49.4 Å². The summed E-state index contributed by atoms with van der Waals surface area (Å²) in [6, 6.07) is 7.61. The number of hydrogen-bond acceptors (Lipinski definition) is 2. The first-order valence-electron chi connectivity index (χ1n) is 7.79. The molecule has 0 fully saturated rings. The summed E-state index contributed by atoms with van der Waals surface area (Å²) >= 11 is 5.97. The normalized spacial score (nSPS) is 10.3. The van der Waals surface area contributed by atoms with E-state index in [1.807, 2.05) is 36.1 Å². The van der Waals surface area contributed by atoms with Crippen LogP contribution in [0.25, 0.3) is 0 Å². The van der Waals surface area contributed by atoms with Crippen LogP contribution in [0.15, 0.2) is 24.3 Å². The molecule has 0 saturated heterocycles. The number of halogens is 1. The lowest BCUT2D eigenvalue weighted by Crippen LogP contribution is -2.30. The van der Waals surface area contributed by atoms with Crippen LogP contribution >= 0.6 is 11.6 Å². The molecule has 22 heavy (non-hydrogen) atoms. The third-order valence-electron chi connectivity index (χ3n) is 3.44. The van der Waals surface area contributed by atoms with Gasteiger partial charge in [0.15, 0.2) is 0 Å². The Morgan fingerprint density at radius 2 is 2.00 bits per heavy atom. The number of unbranched alkanes of at least 4 members (excludes halogenated alkanes) is 2. The van der Waals surface area contributed by atoms with Crippen molar-refractivity contribution in [3.63, 3.8) is 0 Å². The first kappa shape index (κ1) is 18.5. The quantitative estimate of drug-likeness (QED) is 0.708. The smallest absolute Gasteiger partial charge is 0.222 e. The van der Waals surface area contributed by atoms with Crippen molar-refractivity contribution in [3.8, 4) is 0 Å². The highest BCUT2D eigenvalue weighted by atomic mass is 35.5. The van der Waals surface area contributed by atoms with Crippen LogP contribution in [0, 0.1) is 0 Å². The van der Waals surface area contributed by atoms with Crippen molar-refractivity contribution < 1.29 is 9.59 Å². The van der Waals surface area contributed by atoms with Gasteiger partial charge in [-0.1, -0.05) is 30.2 Å². The maximum absolute atomic E-state index is 12.2. The van der Waals surface area contributed by atoms with E-state index in [0.717, 1.165) is 24.8 Å². The summed E-state index contributed by atoms with van der Waals surface area (Å²) in [6.07, 6.45) is 3.26. The second kappa shape index (κ2) is 10.2. The molecule has 0 radical (unpaired) electrons. The molecule has 1 rings (SSSR count). The monoisotopic (exact) mass is 324 g/mol. The Bertz CT molecular complexity index is 491. The van der Waals surface area contributed by atoms with Gasteiger partial charge < -0.3 is 10.2 Å². The maximum atomic E-state index is 12.2. The van der Waals surface area contributed by atoms with Gasteiger partial charge in [-0.05, 0) is 37.5 Å². The van der Waals surface area contributed by atoms with Gasteiger partial charge in [-0.3, -0.25) is 9.59 Å². The third-order valence-corrected chi connectivity index (χ3v) is 3.67. The largest absolute Gasteiger partial charge is 0.356 e. The van der Waals surface area contributed by atoms with Gasteiger partial charge in [0.05, 0.1) is 0 Å². The molecule has 0 aliphatic carbocycles. The van der Waals surface area contributed by atoms with Crippen molar-refractivity contribution in [1.82, 2.24) is 10.2 Å². The Balaban J connectivity index is 2.30. The first-order chi connectivity index (χ1) is 10.5. The number of rotatable bonds is 9. The summed E-state index contributed by atoms with van der Waals surface area (Å²) in [5, 5.41) is 3.45. The van der Waals surface area contributed by atoms with E-state index >= 15 is 0 Å². The van der Waals surface area contributed by atoms with Crippen LogP contribution in [0.1, 0.15) is 45.1 Å². The highest BCUT2D eigenvalue weighted by Crippen LogP contribution is 2.14. The molecule has 0 unspecified atom stereocenters. The summed E-state index contributed by atoms with van der Waals surface area (Å²) in [5.41, 5.74) is 1.05. The van der Waals surface area contributed by atoms with Crippen LogP contribution in [0.5, 0.6) is 0 Å². The summed E-state index contributed by atoms with van der Waals surface area (Å²) in [6.45, 7) is 5.47. The van der Waals surface area contributed by atoms with Crippen LogP contribution in [-0.2, 0) is 16.1 Å². The molecule has 1 aromatic carbocycles. The average Bonchev–Trinajstić information content (AvgIpc) is 2.47. The van der Waals surface area contributed by atoms with Crippen LogP contribution in [0.4, 0.5) is 0 Å². The summed E-state index contributed by atoms with van der Waals surface area (Å²) in [7, 11) is 0. The number of carbonyl (C=O) groups is 2. The van der Waals surface area contributed by atoms with E-state index in [2.05, 4.69) is 5.32 Å². The predicted molar refractivity (Wildman–Crippen MR) is 89.7 cm³/mol. The predicted octanol–water partition coefficient (Wildman–Crippen LogP) is 3.39. The highest BCUT2D eigenvalue weighted by Gasteiger charge is 2.11. The van der Waals surface area contributed by atoms with Gasteiger partial charge in [0.2, 0.25) is 11.8 Å². The van der Waals surface area contributed by atoms with Gasteiger partial charge >= 0.3 is 0 Å². The number of benzene rings is 1. The van der Waals surface area contributed by atoms with Crippen molar-refractivity contribution in [2.45, 2.75) is 46.1 Å². The van der Waals surface area contributed by atoms with E-state index in [-0.39, 0.29) is 11.8 Å². The molecule has 0 aliphatic rings. The first-order valence-corrected chi connectivity index (χ1v) is 8.17. The molecular formula is C17H25ClN2O2. The minimum atomic E-state index is -0.00486. The molecule has 4 nitrogen and oxygen atoms in total. The lowest BCUT2D eigenvalue weighted by Gasteiger charge is -2.21. The van der Waals surface area contributed by atoms with E-state index in [4.69, 9.17) is 11.6 Å². The zero-order chi connectivity index (χ0) is 16.4. The van der Waals surface area contributed by atoms with Gasteiger partial charge in [-0.25, -0.2) is 0 Å². The summed E-state index contributed by atoms with van der Waals surface area (Å²) in [5.74, 6) is 0.164. The highest BCUT2D eigenvalue weighted by molar-refractivity contribution is 6.30. The Kier molecular flexibility index (Phi) is 8.60. The molecule has 0 bridgehead atoms. The Morgan fingerprint density at radius 3 is 2.64 bits per heavy atom. The van der Waals surface area contributed by atoms with Gasteiger partial charge in [0, 0.05) is 38.0 Å². The molecule has 0 aromatic heterocycles. The van der Waals surface area contributed by atoms with Crippen LogP contribution < -0.4 is 5.32 Å². The fourth-order valence-electron chi connectivity index (χ4n) is 2.23. The number of nitrogens with zero attached hydrogens (tertiary/aromatic N) is 1. The average molecular weight is 325 g/mol. The minimum Gasteiger partial charge on any atom is -0.356 e. The molecule has 0 saturated carbocycles. The Hall–Kier alpha value is -1.55. The van der Waals surface area contributed by atoms with Crippen molar-refractivity contribution in [3.05, 3.63) is 34.9 Å². The zero-order valence-electron chi connectivity index (χ0n) is 13.4. The molecule has 122 valence electrons. The van der Waals surface area contributed by atoms with E-state index in [1.54, 1.807) is 0 Å². The second-order valence-corrected chi connectivity index (χ2v) is 5.77. The fourth-order valence-corrected chi connectivity index (χ4v) is 2.45. The Morgan fingerprint density at radius 1 is 1.23 bits per heavy atom. The van der Waals surface area contributed by atoms with Crippen LogP contribution in [0.3, 0.4) is 0 Å². The maximum Gasteiger partial charge on any atom is 0.222 e. The van der Waals surface area contributed by atoms with E-state index in [9.17, 15) is 9.59 Å². The standard InChI is InChI=1S/C17H25ClN2O2/c1-3-20(13-15-8-7-9-16(18)12-15)17(22)10-5-4-6-11-19-14(2)21/h7-9,12H,3-6,10-11,13H2,1-2H3,(H,19,21). The molecule has 0 spiro atoms. The SMILES string of the molecule is CCN(Cc1cccc(Cl)c1)C(=O)CCCCCNC(C)=O. The second-order valence-electron chi connectivity index (χ2n) is 5.33. The van der Waals surface area contributed by atoms with E-state index in [0.29, 0.717) is 31.1 Å². The number of amides is 2. The molecule has 0 aliphatic heterocycles. The van der Waals surface area contributed by atoms with Gasteiger partial charge in [-0.2, -0.15) is 0 Å². The van der Waals surface area contributed by atoms with Crippen molar-refractivity contribution in [1.29, 1.82) is 0 Å². The van der Waals surface area contributed by atoms with Crippen molar-refractivity contribution in [2.75, 3.05) is 13.1 Å². The molecular weight excluding hydrogens is 300 g/mol. The van der Waals surface area contributed by atoms with Gasteiger partial charge in [-0.15, -0.1) is 0 Å². The van der Waals surface area contributed by atoms with Crippen molar-refractivity contribution in [2.24, 2.45) is 0 Å². The molecule has 1 N–H and O–H groups in total. The van der Waals surface area contributed by atoms with Crippen molar-refractivity contribution >= 4 is 23.4 Å². The van der Waals surface area contributed by atoms with Gasteiger partial charge in [0.25, 0.3) is 0 Å². The summed E-state index contributed by atoms with van der Waals surface area (Å²) < 4.78 is 0. The third kappa shape index (κ3) is 7.46. The van der Waals surface area contributed by atoms with Crippen LogP contribution in [-0.4, -0.2) is 29.8 Å². The Labute approximate surface area is 137 Å². The number of carbonyl (C=O) groups excluding carboxylic acids is 2. The van der Waals surface area contributed by atoms with E-state index in [1.165, 1.54) is 6.92 Å². The molecule has 2 amide bonds. The lowest BCUT2D eigenvalue weighted by molar-refractivity contribution is -0.131. The molecule has 5 heteroatoms. The van der Waals surface area contributed by atoms with Gasteiger partial charge in [0.1, 0.15) is 0 Å². The molecule has 1 aromatic rings. The summed E-state index contributed by atoms with van der Waals surface area (Å²) in [4.78, 5) is 24.8. The number of hydrogen-bond donors (Lipinski definition) is 1. The fraction of sp³-hybridized carbons (Fsp3) is 0.529. The molecule has 0 atom stereocenters. The molecule has 0 heterocycles. The zero-order valence-corrected chi connectivity index (χ0v) is 14.2. The number of nitrogens with one attached hydrogen (secondary N) is 1. The minimum absolute atomic E-state index is 0.00486.